The van der Waals surface area contributed by atoms with Crippen LogP contribution in [0, 0.1) is 13.8 Å². The van der Waals surface area contributed by atoms with Gasteiger partial charge in [-0.1, -0.05) is 29.4 Å². The lowest BCUT2D eigenvalue weighted by Crippen LogP contribution is -2.21. The van der Waals surface area contributed by atoms with E-state index < -0.39 is 0 Å². The molecule has 7 nitrogen and oxygen atoms in total. The van der Waals surface area contributed by atoms with Crippen LogP contribution in [-0.4, -0.2) is 19.7 Å². The molecule has 3 aromatic heterocycles. The standard InChI is InChI=1S/C19H19N5O2S/c1-11-12(2)27-18-16(11)19(25)24(10-21-18)8-7-15-22-17(23-26-15)14-5-3-13(9-20)4-6-14/h3-6,10H,7-9,20H2,1-2H3. The average Bonchev–Trinajstić information content (AvgIpc) is 3.27. The van der Waals surface area contributed by atoms with Crippen molar-refractivity contribution in [1.29, 1.82) is 0 Å². The van der Waals surface area contributed by atoms with Crippen molar-refractivity contribution in [3.05, 3.63) is 62.8 Å². The van der Waals surface area contributed by atoms with Gasteiger partial charge in [-0.3, -0.25) is 9.36 Å². The Bertz CT molecular complexity index is 1160. The zero-order valence-electron chi connectivity index (χ0n) is 15.1. The van der Waals surface area contributed by atoms with Gasteiger partial charge in [0.1, 0.15) is 4.83 Å². The molecule has 27 heavy (non-hydrogen) atoms. The fourth-order valence-electron chi connectivity index (χ4n) is 2.91. The zero-order chi connectivity index (χ0) is 19.0. The van der Waals surface area contributed by atoms with Crippen molar-refractivity contribution in [1.82, 2.24) is 19.7 Å². The summed E-state index contributed by atoms with van der Waals surface area (Å²) < 4.78 is 6.93. The minimum Gasteiger partial charge on any atom is -0.339 e. The molecule has 3 heterocycles. The molecule has 0 saturated heterocycles. The first-order valence-corrected chi connectivity index (χ1v) is 9.45. The Labute approximate surface area is 159 Å². The van der Waals surface area contributed by atoms with Crippen molar-refractivity contribution in [2.75, 3.05) is 0 Å². The summed E-state index contributed by atoms with van der Waals surface area (Å²) in [6.07, 6.45) is 2.05. The summed E-state index contributed by atoms with van der Waals surface area (Å²) >= 11 is 1.55. The summed E-state index contributed by atoms with van der Waals surface area (Å²) in [7, 11) is 0. The van der Waals surface area contributed by atoms with Crippen molar-refractivity contribution in [3.63, 3.8) is 0 Å². The van der Waals surface area contributed by atoms with Crippen molar-refractivity contribution in [2.24, 2.45) is 5.73 Å². The van der Waals surface area contributed by atoms with Crippen LogP contribution < -0.4 is 11.3 Å². The lowest BCUT2D eigenvalue weighted by Gasteiger charge is -2.03. The van der Waals surface area contributed by atoms with Gasteiger partial charge < -0.3 is 10.3 Å². The third kappa shape index (κ3) is 3.29. The summed E-state index contributed by atoms with van der Waals surface area (Å²) in [6.45, 7) is 4.89. The molecule has 0 radical (unpaired) electrons. The number of nitrogens with two attached hydrogens (primary N) is 1. The van der Waals surface area contributed by atoms with Crippen LogP contribution in [0.1, 0.15) is 21.9 Å². The largest absolute Gasteiger partial charge is 0.339 e. The maximum absolute atomic E-state index is 12.7. The molecule has 0 aliphatic carbocycles. The summed E-state index contributed by atoms with van der Waals surface area (Å²) in [6, 6.07) is 7.72. The van der Waals surface area contributed by atoms with Crippen LogP contribution in [0.2, 0.25) is 0 Å². The van der Waals surface area contributed by atoms with Gasteiger partial charge in [0.25, 0.3) is 5.56 Å². The normalized spacial score (nSPS) is 11.4. The van der Waals surface area contributed by atoms with Crippen molar-refractivity contribution in [3.8, 4) is 11.4 Å². The lowest BCUT2D eigenvalue weighted by molar-refractivity contribution is 0.371. The second-order valence-electron chi connectivity index (χ2n) is 6.37. The number of nitrogens with zero attached hydrogens (tertiary/aromatic N) is 4. The minimum absolute atomic E-state index is 0.0287. The molecular weight excluding hydrogens is 362 g/mol. The molecule has 0 atom stereocenters. The average molecular weight is 381 g/mol. The number of aromatic nitrogens is 4. The topological polar surface area (TPSA) is 99.8 Å². The lowest BCUT2D eigenvalue weighted by atomic mass is 10.1. The molecule has 4 rings (SSSR count). The van der Waals surface area contributed by atoms with E-state index in [1.54, 1.807) is 22.2 Å². The van der Waals surface area contributed by atoms with E-state index in [0.29, 0.717) is 36.6 Å². The predicted molar refractivity (Wildman–Crippen MR) is 105 cm³/mol. The molecule has 0 aliphatic rings. The number of thiophene rings is 1. The molecule has 0 saturated carbocycles. The third-order valence-corrected chi connectivity index (χ3v) is 5.75. The monoisotopic (exact) mass is 381 g/mol. The summed E-state index contributed by atoms with van der Waals surface area (Å²) in [5, 5.41) is 4.73. The van der Waals surface area contributed by atoms with E-state index >= 15 is 0 Å². The second-order valence-corrected chi connectivity index (χ2v) is 7.57. The summed E-state index contributed by atoms with van der Waals surface area (Å²) in [5.41, 5.74) is 8.50. The molecule has 0 aliphatic heterocycles. The molecule has 0 amide bonds. The van der Waals surface area contributed by atoms with Gasteiger partial charge in [0, 0.05) is 30.0 Å². The van der Waals surface area contributed by atoms with Gasteiger partial charge in [-0.25, -0.2) is 4.98 Å². The maximum atomic E-state index is 12.7. The Morgan fingerprint density at radius 1 is 1.22 bits per heavy atom. The highest BCUT2D eigenvalue weighted by Gasteiger charge is 2.13. The fraction of sp³-hybridized carbons (Fsp3) is 0.263. The Hall–Kier alpha value is -2.84. The zero-order valence-corrected chi connectivity index (χ0v) is 15.9. The fourth-order valence-corrected chi connectivity index (χ4v) is 3.90. The van der Waals surface area contributed by atoms with E-state index in [-0.39, 0.29) is 5.56 Å². The van der Waals surface area contributed by atoms with Crippen molar-refractivity contribution >= 4 is 21.6 Å². The number of hydrogen-bond donors (Lipinski definition) is 1. The van der Waals surface area contributed by atoms with Crippen molar-refractivity contribution < 1.29 is 4.52 Å². The molecule has 138 valence electrons. The van der Waals surface area contributed by atoms with E-state index in [4.69, 9.17) is 10.3 Å². The van der Waals surface area contributed by atoms with Crippen LogP contribution in [0.4, 0.5) is 0 Å². The van der Waals surface area contributed by atoms with Crippen LogP contribution in [0.15, 0.2) is 39.9 Å². The van der Waals surface area contributed by atoms with Gasteiger partial charge in [0.05, 0.1) is 11.7 Å². The van der Waals surface area contributed by atoms with Gasteiger partial charge in [0.15, 0.2) is 0 Å². The molecule has 4 aromatic rings. The van der Waals surface area contributed by atoms with Crippen LogP contribution in [0.25, 0.3) is 21.6 Å². The van der Waals surface area contributed by atoms with Crippen LogP contribution >= 0.6 is 11.3 Å². The minimum atomic E-state index is -0.0287. The molecule has 0 fully saturated rings. The van der Waals surface area contributed by atoms with Crippen LogP contribution in [0.3, 0.4) is 0 Å². The number of hydrogen-bond acceptors (Lipinski definition) is 7. The number of fused-ring (bicyclic) bond motifs is 1. The predicted octanol–water partition coefficient (Wildman–Crippen LogP) is 2.83. The van der Waals surface area contributed by atoms with E-state index in [0.717, 1.165) is 26.4 Å². The summed E-state index contributed by atoms with van der Waals surface area (Å²) in [5.74, 6) is 1.01. The highest BCUT2D eigenvalue weighted by Crippen LogP contribution is 2.25. The molecular formula is C19H19N5O2S. The first-order valence-electron chi connectivity index (χ1n) is 8.64. The smallest absolute Gasteiger partial charge is 0.262 e. The highest BCUT2D eigenvalue weighted by atomic mass is 32.1. The molecule has 1 aromatic carbocycles. The molecule has 0 spiro atoms. The van der Waals surface area contributed by atoms with Crippen LogP contribution in [0.5, 0.6) is 0 Å². The first-order chi connectivity index (χ1) is 13.1. The van der Waals surface area contributed by atoms with Crippen molar-refractivity contribution in [2.45, 2.75) is 33.4 Å². The van der Waals surface area contributed by atoms with Gasteiger partial charge in [0.2, 0.25) is 11.7 Å². The number of aryl methyl sites for hydroxylation is 4. The molecule has 2 N–H and O–H groups in total. The first kappa shape index (κ1) is 17.6. The molecule has 0 bridgehead atoms. The SMILES string of the molecule is Cc1sc2ncn(CCc3nc(-c4ccc(CN)cc4)no3)c(=O)c2c1C. The molecule has 0 unspecified atom stereocenters. The van der Waals surface area contributed by atoms with Crippen LogP contribution in [-0.2, 0) is 19.5 Å². The van der Waals surface area contributed by atoms with Gasteiger partial charge in [-0.2, -0.15) is 4.98 Å². The van der Waals surface area contributed by atoms with E-state index in [9.17, 15) is 4.79 Å². The summed E-state index contributed by atoms with van der Waals surface area (Å²) in [4.78, 5) is 23.5. The van der Waals surface area contributed by atoms with E-state index in [1.165, 1.54) is 0 Å². The van der Waals surface area contributed by atoms with Gasteiger partial charge in [-0.15, -0.1) is 11.3 Å². The quantitative estimate of drug-likeness (QED) is 0.571. The highest BCUT2D eigenvalue weighted by molar-refractivity contribution is 7.18. The number of benzene rings is 1. The Morgan fingerprint density at radius 2 is 2.00 bits per heavy atom. The van der Waals surface area contributed by atoms with Gasteiger partial charge >= 0.3 is 0 Å². The third-order valence-electron chi connectivity index (χ3n) is 4.64. The van der Waals surface area contributed by atoms with E-state index in [2.05, 4.69) is 15.1 Å². The van der Waals surface area contributed by atoms with Gasteiger partial charge in [-0.05, 0) is 25.0 Å². The Kier molecular flexibility index (Phi) is 4.59. The maximum Gasteiger partial charge on any atom is 0.262 e. The Balaban J connectivity index is 1.53. The Morgan fingerprint density at radius 3 is 2.74 bits per heavy atom. The van der Waals surface area contributed by atoms with E-state index in [1.807, 2.05) is 38.1 Å². The molecule has 8 heteroatoms. The number of rotatable bonds is 5. The second kappa shape index (κ2) is 7.05.